The average Bonchev–Trinajstić information content (AvgIpc) is 2.57. The first-order valence-electron chi connectivity index (χ1n) is 6.70. The van der Waals surface area contributed by atoms with E-state index in [0.717, 1.165) is 6.42 Å². The third-order valence-corrected chi connectivity index (χ3v) is 5.14. The maximum atomic E-state index is 10.1. The van der Waals surface area contributed by atoms with Crippen LogP contribution in [0.3, 0.4) is 0 Å². The van der Waals surface area contributed by atoms with Crippen LogP contribution in [0.2, 0.25) is 0 Å². The molecule has 0 saturated heterocycles. The van der Waals surface area contributed by atoms with Crippen LogP contribution in [0.5, 0.6) is 0 Å². The molecule has 90 valence electrons. The maximum Gasteiger partial charge on any atom is 0.0573 e. The first kappa shape index (κ1) is 12.0. The predicted molar refractivity (Wildman–Crippen MR) is 66.8 cm³/mol. The molecule has 2 saturated carbocycles. The minimum absolute atomic E-state index is 0.0504. The molecule has 16 heavy (non-hydrogen) atoms. The van der Waals surface area contributed by atoms with Gasteiger partial charge in [-0.15, -0.1) is 11.8 Å². The van der Waals surface area contributed by atoms with Gasteiger partial charge in [0.15, 0.2) is 0 Å². The zero-order valence-corrected chi connectivity index (χ0v) is 10.8. The van der Waals surface area contributed by atoms with Gasteiger partial charge in [-0.25, -0.2) is 0 Å². The molecule has 5 atom stereocenters. The van der Waals surface area contributed by atoms with E-state index in [1.165, 1.54) is 25.7 Å². The number of hydrogen-bond acceptors (Lipinski definition) is 1. The van der Waals surface area contributed by atoms with Crippen molar-refractivity contribution in [2.75, 3.05) is 0 Å². The van der Waals surface area contributed by atoms with E-state index in [0.29, 0.717) is 23.2 Å². The van der Waals surface area contributed by atoms with Crippen LogP contribution in [0.25, 0.3) is 0 Å². The van der Waals surface area contributed by atoms with E-state index in [4.69, 9.17) is 0 Å². The maximum absolute atomic E-state index is 10.1. The van der Waals surface area contributed by atoms with Crippen LogP contribution in [-0.4, -0.2) is 11.2 Å². The molecule has 0 aromatic heterocycles. The molecule has 1 nitrogen and oxygen atoms in total. The monoisotopic (exact) mass is 220 g/mol. The lowest BCUT2D eigenvalue weighted by atomic mass is 9.62. The van der Waals surface area contributed by atoms with Gasteiger partial charge >= 0.3 is 0 Å². The number of aliphatic hydroxyl groups is 1. The van der Waals surface area contributed by atoms with Crippen LogP contribution in [0.15, 0.2) is 0 Å². The second-order valence-corrected chi connectivity index (χ2v) is 5.94. The molecule has 0 heterocycles. The molecule has 1 N–H and O–H groups in total. The standard InChI is InChI=1S/C15H24O/c1-4-6-11(2)12-8-9-13-14(16)7-5-10-15(12,13)3/h11-14,16H,5,7-10H2,1-3H3/t11?,12-,13?,14+,15-/m1/s1. The summed E-state index contributed by atoms with van der Waals surface area (Å²) in [6.07, 6.45) is 5.91. The summed E-state index contributed by atoms with van der Waals surface area (Å²) in [4.78, 5) is 0. The van der Waals surface area contributed by atoms with Crippen LogP contribution in [0, 0.1) is 35.0 Å². The minimum atomic E-state index is -0.0504. The van der Waals surface area contributed by atoms with Crippen LogP contribution in [0.1, 0.15) is 52.9 Å². The van der Waals surface area contributed by atoms with Crippen LogP contribution in [0.4, 0.5) is 0 Å². The number of fused-ring (bicyclic) bond motifs is 1. The lowest BCUT2D eigenvalue weighted by molar-refractivity contribution is -0.0224. The summed E-state index contributed by atoms with van der Waals surface area (Å²) in [5.74, 6) is 8.10. The highest BCUT2D eigenvalue weighted by atomic mass is 16.3. The van der Waals surface area contributed by atoms with Crippen molar-refractivity contribution in [2.45, 2.75) is 59.0 Å². The Morgan fingerprint density at radius 3 is 2.75 bits per heavy atom. The highest BCUT2D eigenvalue weighted by Crippen LogP contribution is 2.57. The Balaban J connectivity index is 2.20. The van der Waals surface area contributed by atoms with Crippen molar-refractivity contribution < 1.29 is 5.11 Å². The Morgan fingerprint density at radius 1 is 1.31 bits per heavy atom. The average molecular weight is 220 g/mol. The van der Waals surface area contributed by atoms with Crippen LogP contribution < -0.4 is 0 Å². The van der Waals surface area contributed by atoms with Crippen molar-refractivity contribution in [1.29, 1.82) is 0 Å². The van der Waals surface area contributed by atoms with Gasteiger partial charge in [-0.3, -0.25) is 0 Å². The fourth-order valence-electron chi connectivity index (χ4n) is 4.34. The largest absolute Gasteiger partial charge is 0.393 e. The van der Waals surface area contributed by atoms with Gasteiger partial charge in [0.1, 0.15) is 0 Å². The fourth-order valence-corrected chi connectivity index (χ4v) is 4.34. The second-order valence-electron chi connectivity index (χ2n) is 5.94. The van der Waals surface area contributed by atoms with Crippen LogP contribution in [-0.2, 0) is 0 Å². The van der Waals surface area contributed by atoms with E-state index >= 15 is 0 Å². The van der Waals surface area contributed by atoms with Gasteiger partial charge in [0, 0.05) is 5.92 Å². The number of aliphatic hydroxyl groups excluding tert-OH is 1. The van der Waals surface area contributed by atoms with Crippen molar-refractivity contribution in [2.24, 2.45) is 23.2 Å². The molecular formula is C15H24O. The molecule has 2 aliphatic rings. The second kappa shape index (κ2) is 4.41. The zero-order valence-electron chi connectivity index (χ0n) is 10.8. The fraction of sp³-hybridized carbons (Fsp3) is 0.867. The van der Waals surface area contributed by atoms with E-state index < -0.39 is 0 Å². The molecule has 0 aliphatic heterocycles. The SMILES string of the molecule is CC#CC(C)[C@H]1CCC2[C@@H](O)CCC[C@@]21C. The Bertz CT molecular complexity index is 311. The number of rotatable bonds is 1. The van der Waals surface area contributed by atoms with Crippen molar-refractivity contribution in [1.82, 2.24) is 0 Å². The van der Waals surface area contributed by atoms with Gasteiger partial charge in [0.2, 0.25) is 0 Å². The van der Waals surface area contributed by atoms with Crippen molar-refractivity contribution in [3.63, 3.8) is 0 Å². The van der Waals surface area contributed by atoms with Crippen molar-refractivity contribution in [3.8, 4) is 11.8 Å². The lowest BCUT2D eigenvalue weighted by Crippen LogP contribution is -2.41. The molecule has 0 aromatic rings. The highest BCUT2D eigenvalue weighted by molar-refractivity contribution is 5.09. The van der Waals surface area contributed by atoms with Gasteiger partial charge < -0.3 is 5.11 Å². The Hall–Kier alpha value is -0.480. The van der Waals surface area contributed by atoms with E-state index in [1.54, 1.807) is 0 Å². The lowest BCUT2D eigenvalue weighted by Gasteiger charge is -2.44. The summed E-state index contributed by atoms with van der Waals surface area (Å²) in [6, 6.07) is 0. The molecule has 2 aliphatic carbocycles. The summed E-state index contributed by atoms with van der Waals surface area (Å²) in [6.45, 7) is 6.59. The molecule has 1 heteroatoms. The summed E-state index contributed by atoms with van der Waals surface area (Å²) in [7, 11) is 0. The molecule has 0 radical (unpaired) electrons. The third kappa shape index (κ3) is 1.78. The Morgan fingerprint density at radius 2 is 2.06 bits per heavy atom. The summed E-state index contributed by atoms with van der Waals surface area (Å²) >= 11 is 0. The molecule has 2 fully saturated rings. The topological polar surface area (TPSA) is 20.2 Å². The van der Waals surface area contributed by atoms with Gasteiger partial charge in [-0.05, 0) is 49.9 Å². The molecule has 0 aromatic carbocycles. The predicted octanol–water partition coefficient (Wildman–Crippen LogP) is 3.22. The Labute approximate surface area is 99.6 Å². The first-order valence-corrected chi connectivity index (χ1v) is 6.70. The van der Waals surface area contributed by atoms with Gasteiger partial charge in [0.05, 0.1) is 6.10 Å². The molecule has 2 rings (SSSR count). The first-order chi connectivity index (χ1) is 7.59. The quantitative estimate of drug-likeness (QED) is 0.673. The van der Waals surface area contributed by atoms with Gasteiger partial charge in [0.25, 0.3) is 0 Å². The normalized spacial score (nSPS) is 44.4. The zero-order chi connectivity index (χ0) is 11.8. The van der Waals surface area contributed by atoms with E-state index in [9.17, 15) is 5.11 Å². The van der Waals surface area contributed by atoms with Gasteiger partial charge in [-0.1, -0.05) is 20.3 Å². The molecule has 2 unspecified atom stereocenters. The third-order valence-electron chi connectivity index (χ3n) is 5.14. The summed E-state index contributed by atoms with van der Waals surface area (Å²) in [5, 5.41) is 10.1. The molecular weight excluding hydrogens is 196 g/mol. The minimum Gasteiger partial charge on any atom is -0.393 e. The van der Waals surface area contributed by atoms with Gasteiger partial charge in [-0.2, -0.15) is 0 Å². The van der Waals surface area contributed by atoms with E-state index in [-0.39, 0.29) is 6.10 Å². The Kier molecular flexibility index (Phi) is 3.31. The van der Waals surface area contributed by atoms with Crippen molar-refractivity contribution in [3.05, 3.63) is 0 Å². The van der Waals surface area contributed by atoms with Crippen LogP contribution >= 0.6 is 0 Å². The molecule has 0 spiro atoms. The highest BCUT2D eigenvalue weighted by Gasteiger charge is 2.51. The summed E-state index contributed by atoms with van der Waals surface area (Å²) < 4.78 is 0. The molecule has 0 bridgehead atoms. The molecule has 0 amide bonds. The number of hydrogen-bond donors (Lipinski definition) is 1. The van der Waals surface area contributed by atoms with E-state index in [2.05, 4.69) is 25.7 Å². The van der Waals surface area contributed by atoms with E-state index in [1.807, 2.05) is 6.92 Å². The van der Waals surface area contributed by atoms with Crippen molar-refractivity contribution >= 4 is 0 Å². The summed E-state index contributed by atoms with van der Waals surface area (Å²) in [5.41, 5.74) is 0.348. The smallest absolute Gasteiger partial charge is 0.0573 e.